The van der Waals surface area contributed by atoms with Crippen LogP contribution >= 0.6 is 0 Å². The van der Waals surface area contributed by atoms with Crippen LogP contribution in [-0.2, 0) is 48.0 Å². The lowest BCUT2D eigenvalue weighted by atomic mass is 10.1. The summed E-state index contributed by atoms with van der Waals surface area (Å²) in [7, 11) is 2.96. The summed E-state index contributed by atoms with van der Waals surface area (Å²) in [5.41, 5.74) is 0. The van der Waals surface area contributed by atoms with Gasteiger partial charge in [0.05, 0.1) is 34.0 Å². The molecule has 10 nitrogen and oxygen atoms in total. The number of carbonyl (C=O) groups excluding carboxylic acids is 1. The van der Waals surface area contributed by atoms with Crippen molar-refractivity contribution in [2.75, 3.05) is 53.9 Å². The number of hydrogen-bond acceptors (Lipinski definition) is 10. The fourth-order valence-electron chi connectivity index (χ4n) is 1.88. The van der Waals surface area contributed by atoms with Crippen molar-refractivity contribution in [1.29, 1.82) is 0 Å². The van der Waals surface area contributed by atoms with Gasteiger partial charge in [0, 0.05) is 0 Å². The molecule has 1 aliphatic heterocycles. The van der Waals surface area contributed by atoms with Gasteiger partial charge in [-0.1, -0.05) is 0 Å². The molecule has 0 saturated heterocycles. The maximum Gasteiger partial charge on any atom is 0.170 e. The van der Waals surface area contributed by atoms with E-state index >= 15 is 0 Å². The molecular weight excluding hydrogens is 400 g/mol. The molecule has 0 aromatic carbocycles. The van der Waals surface area contributed by atoms with Crippen LogP contribution in [0.25, 0.3) is 0 Å². The van der Waals surface area contributed by atoms with Crippen LogP contribution in [-0.4, -0.2) is 71.9 Å². The minimum atomic E-state index is -0.606. The molecule has 0 N–H and O–H groups in total. The monoisotopic (exact) mass is 434 g/mol. The van der Waals surface area contributed by atoms with Gasteiger partial charge < -0.3 is 33.5 Å². The molecule has 0 aromatic rings. The van der Waals surface area contributed by atoms with Crippen molar-refractivity contribution >= 4 is 5.78 Å². The van der Waals surface area contributed by atoms with Crippen LogP contribution < -0.4 is 0 Å². The molecule has 2 atom stereocenters. The zero-order valence-electron chi connectivity index (χ0n) is 18.0. The molecule has 2 unspecified atom stereocenters. The fourth-order valence-corrected chi connectivity index (χ4v) is 1.88. The fraction of sp³-hybridized carbons (Fsp3) is 0.550. The van der Waals surface area contributed by atoms with E-state index in [9.17, 15) is 4.79 Å². The molecule has 0 fully saturated rings. The first-order valence-electron chi connectivity index (χ1n) is 8.97. The predicted molar refractivity (Wildman–Crippen MR) is 109 cm³/mol. The summed E-state index contributed by atoms with van der Waals surface area (Å²) in [5, 5.41) is 0. The first kappa shape index (κ1) is 29.8. The number of methoxy groups -OCH3 is 2. The zero-order valence-corrected chi connectivity index (χ0v) is 18.0. The molecule has 1 heterocycles. The molecule has 0 bridgehead atoms. The Hall–Kier alpha value is -2.37. The van der Waals surface area contributed by atoms with E-state index in [1.807, 2.05) is 0 Å². The minimum Gasteiger partial charge on any atom is -0.501 e. The van der Waals surface area contributed by atoms with Crippen LogP contribution in [0.5, 0.6) is 0 Å². The third kappa shape index (κ3) is 15.5. The lowest BCUT2D eigenvalue weighted by molar-refractivity contribution is -0.273. The van der Waals surface area contributed by atoms with Crippen LogP contribution in [0.1, 0.15) is 6.92 Å². The van der Waals surface area contributed by atoms with Gasteiger partial charge >= 0.3 is 0 Å². The van der Waals surface area contributed by atoms with E-state index in [-0.39, 0.29) is 45.4 Å². The van der Waals surface area contributed by atoms with E-state index in [1.165, 1.54) is 39.9 Å². The van der Waals surface area contributed by atoms with E-state index in [2.05, 4.69) is 31.1 Å². The molecule has 0 saturated carbocycles. The van der Waals surface area contributed by atoms with Gasteiger partial charge in [-0.25, -0.2) is 0 Å². The first-order chi connectivity index (χ1) is 14.7. The van der Waals surface area contributed by atoms with E-state index in [4.69, 9.17) is 38.5 Å². The van der Waals surface area contributed by atoms with Crippen molar-refractivity contribution < 1.29 is 48.0 Å². The van der Waals surface area contributed by atoms with Gasteiger partial charge in [-0.2, -0.15) is 9.78 Å². The largest absolute Gasteiger partial charge is 0.501 e. The quantitative estimate of drug-likeness (QED) is 0.141. The number of ketones is 1. The Morgan fingerprint density at radius 2 is 1.93 bits per heavy atom. The van der Waals surface area contributed by atoms with Crippen LogP contribution in [0.2, 0.25) is 0 Å². The molecule has 0 amide bonds. The Morgan fingerprint density at radius 3 is 2.57 bits per heavy atom. The highest BCUT2D eigenvalue weighted by atomic mass is 17.2. The van der Waals surface area contributed by atoms with Crippen molar-refractivity contribution in [3.63, 3.8) is 0 Å². The molecule has 174 valence electrons. The van der Waals surface area contributed by atoms with Crippen molar-refractivity contribution in [2.45, 2.75) is 19.1 Å². The van der Waals surface area contributed by atoms with Crippen molar-refractivity contribution in [3.05, 3.63) is 50.9 Å². The zero-order chi connectivity index (χ0) is 23.0. The van der Waals surface area contributed by atoms with Crippen LogP contribution in [0, 0.1) is 0 Å². The highest BCUT2D eigenvalue weighted by Gasteiger charge is 2.30. The number of hydrogen-bond donors (Lipinski definition) is 0. The maximum atomic E-state index is 11.1. The summed E-state index contributed by atoms with van der Waals surface area (Å²) in [5.74, 6) is 0.268. The number of ether oxygens (including phenoxy) is 5. The number of Topliss-reactive ketones (excluding diaryl/α,β-unsaturated/α-hetero) is 1. The average Bonchev–Trinajstić information content (AvgIpc) is 2.75. The maximum absolute atomic E-state index is 11.1. The molecule has 0 aromatic heterocycles. The van der Waals surface area contributed by atoms with E-state index in [0.717, 1.165) is 0 Å². The predicted octanol–water partition coefficient (Wildman–Crippen LogP) is 2.48. The highest BCUT2D eigenvalue weighted by Crippen LogP contribution is 2.18. The van der Waals surface area contributed by atoms with Crippen LogP contribution in [0.15, 0.2) is 50.9 Å². The topological polar surface area (TPSA) is 100 Å². The van der Waals surface area contributed by atoms with Gasteiger partial charge in [-0.3, -0.25) is 4.79 Å². The van der Waals surface area contributed by atoms with Gasteiger partial charge in [-0.05, 0) is 6.92 Å². The smallest absolute Gasteiger partial charge is 0.170 e. The molecule has 0 aliphatic carbocycles. The molecular formula is C20H34O10. The van der Waals surface area contributed by atoms with Crippen molar-refractivity contribution in [3.8, 4) is 0 Å². The highest BCUT2D eigenvalue weighted by molar-refractivity contribution is 5.76. The standard InChI is InChI=1S/C16H26O10.2C2H4/c1-13(17)10-20-11-15(21-5-8-24-23-7-4-18-2)16-14(19-3)12-26-25-9-6-22-16;2*1-2/h4,7,12,15-16H,5-6,8-11H2,1-3H3;2*1-2H2/b7-4-,14-12?;;. The second-order valence-electron chi connectivity index (χ2n) is 4.99. The van der Waals surface area contributed by atoms with Gasteiger partial charge in [0.15, 0.2) is 24.1 Å². The van der Waals surface area contributed by atoms with Crippen LogP contribution in [0.4, 0.5) is 0 Å². The first-order valence-corrected chi connectivity index (χ1v) is 8.97. The Morgan fingerprint density at radius 1 is 1.20 bits per heavy atom. The summed E-state index contributed by atoms with van der Waals surface area (Å²) < 4.78 is 26.8. The van der Waals surface area contributed by atoms with E-state index < -0.39 is 12.2 Å². The normalized spacial score (nSPS) is 16.8. The summed E-state index contributed by atoms with van der Waals surface area (Å²) >= 11 is 0. The molecule has 1 rings (SSSR count). The van der Waals surface area contributed by atoms with Gasteiger partial charge in [0.2, 0.25) is 0 Å². The van der Waals surface area contributed by atoms with Gasteiger partial charge in [-0.15, -0.1) is 26.3 Å². The SMILES string of the molecule is C=C.C=C.CO/C=C\OOCCOC(COCC(C)=O)C1OCCOOC=C1OC. The number of rotatable bonds is 13. The Labute approximate surface area is 178 Å². The molecule has 0 spiro atoms. The summed E-state index contributed by atoms with van der Waals surface area (Å²) in [6, 6.07) is 0. The Balaban J connectivity index is 0. The number of carbonyl (C=O) groups is 1. The Kier molecular flexibility index (Phi) is 22.8. The van der Waals surface area contributed by atoms with Crippen molar-refractivity contribution in [2.24, 2.45) is 0 Å². The lowest BCUT2D eigenvalue weighted by Crippen LogP contribution is -2.40. The molecule has 1 aliphatic rings. The van der Waals surface area contributed by atoms with E-state index in [1.54, 1.807) is 0 Å². The minimum absolute atomic E-state index is 0.0281. The summed E-state index contributed by atoms with van der Waals surface area (Å²) in [6.45, 7) is 14.4. The van der Waals surface area contributed by atoms with Gasteiger partial charge in [0.1, 0.15) is 38.3 Å². The van der Waals surface area contributed by atoms with Crippen LogP contribution in [0.3, 0.4) is 0 Å². The summed E-state index contributed by atoms with van der Waals surface area (Å²) in [6.07, 6.45) is 2.68. The van der Waals surface area contributed by atoms with Gasteiger partial charge in [0.25, 0.3) is 0 Å². The van der Waals surface area contributed by atoms with Crippen molar-refractivity contribution in [1.82, 2.24) is 0 Å². The summed E-state index contributed by atoms with van der Waals surface area (Å²) in [4.78, 5) is 30.4. The second-order valence-corrected chi connectivity index (χ2v) is 4.99. The second kappa shape index (κ2) is 22.9. The lowest BCUT2D eigenvalue weighted by Gasteiger charge is -2.29. The molecule has 10 heteroatoms. The average molecular weight is 434 g/mol. The molecule has 0 radical (unpaired) electrons. The van der Waals surface area contributed by atoms with E-state index in [0.29, 0.717) is 5.76 Å². The third-order valence-electron chi connectivity index (χ3n) is 2.95. The third-order valence-corrected chi connectivity index (χ3v) is 2.95. The molecule has 30 heavy (non-hydrogen) atoms. The Bertz CT molecular complexity index is 465.